The molecular weight excluding hydrogens is 264 g/mol. The Bertz CT molecular complexity index is 620. The number of hydrogen-bond acceptors (Lipinski definition) is 3. The van der Waals surface area contributed by atoms with E-state index in [2.05, 4.69) is 32.0 Å². The van der Waals surface area contributed by atoms with Crippen LogP contribution in [0.4, 0.5) is 0 Å². The van der Waals surface area contributed by atoms with E-state index in [9.17, 15) is 5.11 Å². The zero-order valence-corrected chi connectivity index (χ0v) is 13.0. The fourth-order valence-corrected chi connectivity index (χ4v) is 2.51. The van der Waals surface area contributed by atoms with Gasteiger partial charge in [-0.15, -0.1) is 0 Å². The van der Waals surface area contributed by atoms with Crippen molar-refractivity contribution in [2.45, 2.75) is 26.4 Å². The minimum Gasteiger partial charge on any atom is -0.493 e. The van der Waals surface area contributed by atoms with E-state index in [4.69, 9.17) is 9.47 Å². The average molecular weight is 286 g/mol. The topological polar surface area (TPSA) is 38.7 Å². The van der Waals surface area contributed by atoms with Gasteiger partial charge in [0.15, 0.2) is 11.5 Å². The van der Waals surface area contributed by atoms with Crippen molar-refractivity contribution in [3.8, 4) is 11.5 Å². The van der Waals surface area contributed by atoms with Crippen LogP contribution in [0.25, 0.3) is 0 Å². The maximum Gasteiger partial charge on any atom is 0.166 e. The number of hydrogen-bond donors (Lipinski definition) is 1. The molecule has 0 amide bonds. The van der Waals surface area contributed by atoms with Crippen LogP contribution >= 0.6 is 0 Å². The Morgan fingerprint density at radius 1 is 1.05 bits per heavy atom. The first-order chi connectivity index (χ1) is 10.1. The Balaban J connectivity index is 2.32. The average Bonchev–Trinajstić information content (AvgIpc) is 2.49. The predicted octanol–water partition coefficient (Wildman–Crippen LogP) is 3.60. The van der Waals surface area contributed by atoms with Crippen LogP contribution in [-0.4, -0.2) is 19.3 Å². The summed E-state index contributed by atoms with van der Waals surface area (Å²) in [5.41, 5.74) is 4.27. The van der Waals surface area contributed by atoms with Crippen molar-refractivity contribution < 1.29 is 14.6 Å². The van der Waals surface area contributed by atoms with Crippen molar-refractivity contribution in [3.63, 3.8) is 0 Å². The third-order valence-electron chi connectivity index (χ3n) is 3.71. The number of para-hydroxylation sites is 1. The second-order valence-corrected chi connectivity index (χ2v) is 5.23. The van der Waals surface area contributed by atoms with E-state index < -0.39 is 6.10 Å². The molecule has 0 radical (unpaired) electrons. The second-order valence-electron chi connectivity index (χ2n) is 5.23. The minimum absolute atomic E-state index is 0.553. The summed E-state index contributed by atoms with van der Waals surface area (Å²) < 4.78 is 10.7. The molecule has 0 aliphatic heterocycles. The second kappa shape index (κ2) is 6.64. The SMILES string of the molecule is COc1cccc(C(O)Cc2cc(C)ccc2C)c1OC. The van der Waals surface area contributed by atoms with Crippen molar-refractivity contribution in [3.05, 3.63) is 58.7 Å². The number of methoxy groups -OCH3 is 2. The molecule has 2 rings (SSSR count). The van der Waals surface area contributed by atoms with Crippen molar-refractivity contribution in [1.82, 2.24) is 0 Å². The van der Waals surface area contributed by atoms with E-state index in [-0.39, 0.29) is 0 Å². The molecule has 0 fully saturated rings. The molecule has 3 heteroatoms. The van der Waals surface area contributed by atoms with Crippen LogP contribution in [0.3, 0.4) is 0 Å². The smallest absolute Gasteiger partial charge is 0.166 e. The fourth-order valence-electron chi connectivity index (χ4n) is 2.51. The third-order valence-corrected chi connectivity index (χ3v) is 3.71. The fraction of sp³-hybridized carbons (Fsp3) is 0.333. The van der Waals surface area contributed by atoms with Crippen molar-refractivity contribution in [2.24, 2.45) is 0 Å². The van der Waals surface area contributed by atoms with E-state index in [1.165, 1.54) is 11.1 Å². The summed E-state index contributed by atoms with van der Waals surface area (Å²) in [5, 5.41) is 10.6. The van der Waals surface area contributed by atoms with Gasteiger partial charge in [-0.25, -0.2) is 0 Å². The molecule has 1 unspecified atom stereocenters. The van der Waals surface area contributed by atoms with E-state index in [1.54, 1.807) is 14.2 Å². The summed E-state index contributed by atoms with van der Waals surface area (Å²) in [5.74, 6) is 1.23. The van der Waals surface area contributed by atoms with Crippen LogP contribution in [0.5, 0.6) is 11.5 Å². The van der Waals surface area contributed by atoms with Crippen molar-refractivity contribution in [1.29, 1.82) is 0 Å². The summed E-state index contributed by atoms with van der Waals surface area (Å²) in [6.07, 6.45) is -0.0765. The molecule has 0 saturated carbocycles. The quantitative estimate of drug-likeness (QED) is 0.912. The van der Waals surface area contributed by atoms with Gasteiger partial charge in [0.1, 0.15) is 0 Å². The highest BCUT2D eigenvalue weighted by atomic mass is 16.5. The van der Waals surface area contributed by atoms with Crippen LogP contribution in [0.1, 0.15) is 28.4 Å². The van der Waals surface area contributed by atoms with Gasteiger partial charge in [-0.05, 0) is 31.0 Å². The van der Waals surface area contributed by atoms with Crippen molar-refractivity contribution >= 4 is 0 Å². The molecule has 0 aromatic heterocycles. The molecule has 0 saturated heterocycles. The summed E-state index contributed by atoms with van der Waals surface area (Å²) in [6.45, 7) is 4.12. The highest BCUT2D eigenvalue weighted by Gasteiger charge is 2.18. The number of aryl methyl sites for hydroxylation is 2. The summed E-state index contributed by atoms with van der Waals surface area (Å²) in [6, 6.07) is 11.8. The molecule has 3 nitrogen and oxygen atoms in total. The molecule has 0 aliphatic carbocycles. The van der Waals surface area contributed by atoms with Gasteiger partial charge in [-0.3, -0.25) is 0 Å². The van der Waals surface area contributed by atoms with Crippen LogP contribution in [0, 0.1) is 13.8 Å². The Morgan fingerprint density at radius 2 is 1.81 bits per heavy atom. The number of aliphatic hydroxyl groups is 1. The lowest BCUT2D eigenvalue weighted by molar-refractivity contribution is 0.172. The molecule has 1 N–H and O–H groups in total. The Labute approximate surface area is 126 Å². The number of benzene rings is 2. The lowest BCUT2D eigenvalue weighted by Gasteiger charge is -2.18. The normalized spacial score (nSPS) is 12.0. The predicted molar refractivity (Wildman–Crippen MR) is 84.1 cm³/mol. The first-order valence-electron chi connectivity index (χ1n) is 7.02. The number of ether oxygens (including phenoxy) is 2. The van der Waals surface area contributed by atoms with Crippen LogP contribution in [-0.2, 0) is 6.42 Å². The Hall–Kier alpha value is -2.00. The van der Waals surface area contributed by atoms with E-state index in [1.807, 2.05) is 18.2 Å². The monoisotopic (exact) mass is 286 g/mol. The first kappa shape index (κ1) is 15.4. The maximum absolute atomic E-state index is 10.6. The van der Waals surface area contributed by atoms with Gasteiger partial charge in [-0.2, -0.15) is 0 Å². The molecule has 21 heavy (non-hydrogen) atoms. The third kappa shape index (κ3) is 3.37. The summed E-state index contributed by atoms with van der Waals surface area (Å²) in [7, 11) is 3.19. The Morgan fingerprint density at radius 3 is 2.48 bits per heavy atom. The molecule has 2 aromatic rings. The standard InChI is InChI=1S/C18H22O3/c1-12-8-9-13(2)14(10-12)11-16(19)15-6-5-7-17(20-3)18(15)21-4/h5-10,16,19H,11H2,1-4H3. The molecule has 0 heterocycles. The van der Waals surface area contributed by atoms with Gasteiger partial charge >= 0.3 is 0 Å². The molecule has 0 spiro atoms. The lowest BCUT2D eigenvalue weighted by Crippen LogP contribution is -2.06. The van der Waals surface area contributed by atoms with Gasteiger partial charge in [-0.1, -0.05) is 35.9 Å². The van der Waals surface area contributed by atoms with Crippen LogP contribution < -0.4 is 9.47 Å². The lowest BCUT2D eigenvalue weighted by atomic mass is 9.96. The largest absolute Gasteiger partial charge is 0.493 e. The molecule has 1 atom stereocenters. The van der Waals surface area contributed by atoms with Crippen molar-refractivity contribution in [2.75, 3.05) is 14.2 Å². The molecule has 112 valence electrons. The maximum atomic E-state index is 10.6. The highest BCUT2D eigenvalue weighted by molar-refractivity contribution is 5.48. The van der Waals surface area contributed by atoms with E-state index in [0.29, 0.717) is 17.9 Å². The van der Waals surface area contributed by atoms with Gasteiger partial charge in [0.25, 0.3) is 0 Å². The van der Waals surface area contributed by atoms with Gasteiger partial charge in [0.2, 0.25) is 0 Å². The minimum atomic E-state index is -0.629. The van der Waals surface area contributed by atoms with Crippen LogP contribution in [0.15, 0.2) is 36.4 Å². The molecule has 0 bridgehead atoms. The van der Waals surface area contributed by atoms with Gasteiger partial charge < -0.3 is 14.6 Å². The molecular formula is C18H22O3. The van der Waals surface area contributed by atoms with E-state index >= 15 is 0 Å². The van der Waals surface area contributed by atoms with E-state index in [0.717, 1.165) is 11.1 Å². The molecule has 0 aliphatic rings. The number of rotatable bonds is 5. The zero-order chi connectivity index (χ0) is 15.4. The summed E-state index contributed by atoms with van der Waals surface area (Å²) >= 11 is 0. The first-order valence-corrected chi connectivity index (χ1v) is 7.02. The molecule has 2 aromatic carbocycles. The zero-order valence-electron chi connectivity index (χ0n) is 13.0. The number of aliphatic hydroxyl groups excluding tert-OH is 1. The van der Waals surface area contributed by atoms with Crippen LogP contribution in [0.2, 0.25) is 0 Å². The highest BCUT2D eigenvalue weighted by Crippen LogP contribution is 2.36. The summed E-state index contributed by atoms with van der Waals surface area (Å²) in [4.78, 5) is 0. The van der Waals surface area contributed by atoms with Gasteiger partial charge in [0, 0.05) is 12.0 Å². The van der Waals surface area contributed by atoms with Gasteiger partial charge in [0.05, 0.1) is 20.3 Å². The Kier molecular flexibility index (Phi) is 4.86.